The highest BCUT2D eigenvalue weighted by Gasteiger charge is 2.09. The summed E-state index contributed by atoms with van der Waals surface area (Å²) in [6, 6.07) is 6.62. The maximum atomic E-state index is 13.2. The third kappa shape index (κ3) is 3.88. The van der Waals surface area contributed by atoms with Gasteiger partial charge in [0.05, 0.1) is 10.2 Å². The number of aromatic nitrogens is 1. The molecule has 0 radical (unpaired) electrons. The summed E-state index contributed by atoms with van der Waals surface area (Å²) < 4.78 is 18.8. The Hall–Kier alpha value is -1.20. The van der Waals surface area contributed by atoms with Crippen molar-refractivity contribution in [3.05, 3.63) is 40.2 Å². The Morgan fingerprint density at radius 3 is 2.84 bits per heavy atom. The zero-order valence-electron chi connectivity index (χ0n) is 10.9. The first-order valence-electron chi connectivity index (χ1n) is 6.18. The van der Waals surface area contributed by atoms with Crippen molar-refractivity contribution in [1.29, 1.82) is 0 Å². The van der Waals surface area contributed by atoms with Gasteiger partial charge >= 0.3 is 0 Å². The van der Waals surface area contributed by atoms with Crippen LogP contribution in [0.5, 0.6) is 0 Å². The van der Waals surface area contributed by atoms with E-state index in [2.05, 4.69) is 40.3 Å². The van der Waals surface area contributed by atoms with Crippen molar-refractivity contribution in [2.24, 2.45) is 5.92 Å². The third-order valence-corrected chi connectivity index (χ3v) is 3.23. The molecule has 0 spiro atoms. The molecule has 2 aromatic rings. The lowest BCUT2D eigenvalue weighted by Gasteiger charge is -2.04. The molecule has 0 saturated carbocycles. The van der Waals surface area contributed by atoms with Gasteiger partial charge in [0, 0.05) is 18.2 Å². The van der Waals surface area contributed by atoms with Gasteiger partial charge in [-0.2, -0.15) is 0 Å². The van der Waals surface area contributed by atoms with Crippen molar-refractivity contribution in [2.75, 3.05) is 6.54 Å². The van der Waals surface area contributed by atoms with Crippen LogP contribution in [0.3, 0.4) is 0 Å². The minimum atomic E-state index is -0.290. The average Bonchev–Trinajstić information content (AvgIpc) is 2.81. The molecule has 1 aromatic heterocycles. The van der Waals surface area contributed by atoms with Crippen molar-refractivity contribution in [3.8, 4) is 11.3 Å². The molecular weight excluding hydrogens is 311 g/mol. The van der Waals surface area contributed by atoms with Crippen LogP contribution in [0.15, 0.2) is 33.3 Å². The zero-order valence-corrected chi connectivity index (χ0v) is 12.5. The van der Waals surface area contributed by atoms with E-state index in [0.29, 0.717) is 22.7 Å². The molecule has 0 unspecified atom stereocenters. The molecule has 0 fully saturated rings. The van der Waals surface area contributed by atoms with Crippen LogP contribution in [0.4, 0.5) is 4.39 Å². The maximum absolute atomic E-state index is 13.2. The highest BCUT2D eigenvalue weighted by atomic mass is 79.9. The topological polar surface area (TPSA) is 38.1 Å². The summed E-state index contributed by atoms with van der Waals surface area (Å²) in [5.41, 5.74) is 1.65. The van der Waals surface area contributed by atoms with Gasteiger partial charge in [-0.25, -0.2) is 4.39 Å². The van der Waals surface area contributed by atoms with Crippen LogP contribution in [0, 0.1) is 11.7 Å². The monoisotopic (exact) mass is 326 g/mol. The number of hydrogen-bond donors (Lipinski definition) is 1. The van der Waals surface area contributed by atoms with E-state index in [1.54, 1.807) is 12.1 Å². The Labute approximate surface area is 120 Å². The Morgan fingerprint density at radius 2 is 2.16 bits per heavy atom. The lowest BCUT2D eigenvalue weighted by molar-refractivity contribution is 0.418. The lowest BCUT2D eigenvalue weighted by atomic mass is 10.1. The van der Waals surface area contributed by atoms with Crippen LogP contribution in [-0.2, 0) is 6.54 Å². The zero-order chi connectivity index (χ0) is 13.8. The molecule has 3 nitrogen and oxygen atoms in total. The van der Waals surface area contributed by atoms with Crippen LogP contribution in [-0.4, -0.2) is 11.7 Å². The second-order valence-electron chi connectivity index (χ2n) is 4.84. The molecule has 0 saturated heterocycles. The van der Waals surface area contributed by atoms with Gasteiger partial charge in [0.1, 0.15) is 5.82 Å². The fourth-order valence-electron chi connectivity index (χ4n) is 1.67. The largest absolute Gasteiger partial charge is 0.356 e. The van der Waals surface area contributed by atoms with Crippen molar-refractivity contribution in [1.82, 2.24) is 10.5 Å². The van der Waals surface area contributed by atoms with Gasteiger partial charge in [0.15, 0.2) is 5.76 Å². The lowest BCUT2D eigenvalue weighted by Crippen LogP contribution is -2.18. The van der Waals surface area contributed by atoms with Gasteiger partial charge in [-0.3, -0.25) is 0 Å². The number of rotatable bonds is 5. The number of hydrogen-bond acceptors (Lipinski definition) is 3. The fraction of sp³-hybridized carbons (Fsp3) is 0.357. The maximum Gasteiger partial charge on any atom is 0.167 e. The van der Waals surface area contributed by atoms with E-state index in [1.165, 1.54) is 6.07 Å². The highest BCUT2D eigenvalue weighted by Crippen LogP contribution is 2.25. The fourth-order valence-corrected chi connectivity index (χ4v) is 2.05. The van der Waals surface area contributed by atoms with Crippen molar-refractivity contribution in [2.45, 2.75) is 20.4 Å². The number of nitrogens with zero attached hydrogens (tertiary/aromatic N) is 1. The molecule has 0 amide bonds. The third-order valence-electron chi connectivity index (χ3n) is 2.62. The number of benzene rings is 1. The van der Waals surface area contributed by atoms with Crippen molar-refractivity contribution >= 4 is 15.9 Å². The molecule has 0 bridgehead atoms. The molecule has 1 aromatic carbocycles. The van der Waals surface area contributed by atoms with Gasteiger partial charge in [0.2, 0.25) is 0 Å². The highest BCUT2D eigenvalue weighted by molar-refractivity contribution is 9.10. The van der Waals surface area contributed by atoms with E-state index in [9.17, 15) is 4.39 Å². The molecule has 1 heterocycles. The first kappa shape index (κ1) is 14.2. The summed E-state index contributed by atoms with van der Waals surface area (Å²) in [6.07, 6.45) is 0. The summed E-state index contributed by atoms with van der Waals surface area (Å²) >= 11 is 3.16. The smallest absolute Gasteiger partial charge is 0.167 e. The van der Waals surface area contributed by atoms with Gasteiger partial charge < -0.3 is 9.84 Å². The van der Waals surface area contributed by atoms with Crippen LogP contribution in [0.1, 0.15) is 19.5 Å². The Morgan fingerprint density at radius 1 is 1.37 bits per heavy atom. The Balaban J connectivity index is 2.05. The van der Waals surface area contributed by atoms with Crippen molar-refractivity contribution < 1.29 is 8.91 Å². The molecule has 0 aliphatic rings. The minimum Gasteiger partial charge on any atom is -0.356 e. The SMILES string of the molecule is CC(C)CNCc1cc(-c2ccc(F)c(Br)c2)on1. The molecule has 0 aliphatic heterocycles. The molecule has 5 heteroatoms. The standard InChI is InChI=1S/C14H16BrFN2O/c1-9(2)7-17-8-11-6-14(19-18-11)10-3-4-13(16)12(15)5-10/h3-6,9,17H,7-8H2,1-2H3. The second kappa shape index (κ2) is 6.30. The average molecular weight is 327 g/mol. The first-order valence-corrected chi connectivity index (χ1v) is 6.97. The summed E-state index contributed by atoms with van der Waals surface area (Å²) in [6.45, 7) is 5.91. The predicted molar refractivity (Wildman–Crippen MR) is 76.1 cm³/mol. The van der Waals surface area contributed by atoms with E-state index in [4.69, 9.17) is 4.52 Å². The van der Waals surface area contributed by atoms with E-state index in [-0.39, 0.29) is 5.82 Å². The van der Waals surface area contributed by atoms with E-state index < -0.39 is 0 Å². The molecule has 0 atom stereocenters. The molecule has 2 rings (SSSR count). The van der Waals surface area contributed by atoms with Crippen molar-refractivity contribution in [3.63, 3.8) is 0 Å². The second-order valence-corrected chi connectivity index (χ2v) is 5.69. The van der Waals surface area contributed by atoms with Crippen LogP contribution in [0.2, 0.25) is 0 Å². The summed E-state index contributed by atoms with van der Waals surface area (Å²) in [5.74, 6) is 0.948. The van der Waals surface area contributed by atoms with E-state index >= 15 is 0 Å². The Bertz CT molecular complexity index is 554. The summed E-state index contributed by atoms with van der Waals surface area (Å²) in [4.78, 5) is 0. The Kier molecular flexibility index (Phi) is 4.71. The van der Waals surface area contributed by atoms with Gasteiger partial charge in [-0.1, -0.05) is 19.0 Å². The molecular formula is C14H16BrFN2O. The quantitative estimate of drug-likeness (QED) is 0.902. The van der Waals surface area contributed by atoms with Gasteiger partial charge in [-0.05, 0) is 46.6 Å². The van der Waals surface area contributed by atoms with Crippen LogP contribution in [0.25, 0.3) is 11.3 Å². The van der Waals surface area contributed by atoms with Gasteiger partial charge in [-0.15, -0.1) is 0 Å². The van der Waals surface area contributed by atoms with E-state index in [1.807, 2.05) is 6.07 Å². The molecule has 19 heavy (non-hydrogen) atoms. The first-order chi connectivity index (χ1) is 9.06. The summed E-state index contributed by atoms with van der Waals surface area (Å²) in [5, 5.41) is 7.29. The number of nitrogens with one attached hydrogen (secondary N) is 1. The van der Waals surface area contributed by atoms with Crippen LogP contribution >= 0.6 is 15.9 Å². The number of halogens is 2. The molecule has 0 aliphatic carbocycles. The normalized spacial score (nSPS) is 11.2. The molecule has 102 valence electrons. The molecule has 1 N–H and O–H groups in total. The van der Waals surface area contributed by atoms with Gasteiger partial charge in [0.25, 0.3) is 0 Å². The minimum absolute atomic E-state index is 0.290. The predicted octanol–water partition coefficient (Wildman–Crippen LogP) is 3.99. The summed E-state index contributed by atoms with van der Waals surface area (Å²) in [7, 11) is 0. The van der Waals surface area contributed by atoms with E-state index in [0.717, 1.165) is 17.8 Å². The van der Waals surface area contributed by atoms with Crippen LogP contribution < -0.4 is 5.32 Å².